The van der Waals surface area contributed by atoms with Gasteiger partial charge < -0.3 is 20.4 Å². The van der Waals surface area contributed by atoms with Gasteiger partial charge in [0, 0.05) is 6.54 Å². The van der Waals surface area contributed by atoms with Crippen LogP contribution in [0.3, 0.4) is 0 Å². The molecule has 3 N–H and O–H groups in total. The summed E-state index contributed by atoms with van der Waals surface area (Å²) in [4.78, 5) is 2.08. The molecule has 0 spiro atoms. The molecule has 112 valence electrons. The first-order valence-electron chi connectivity index (χ1n) is 6.65. The Hall–Kier alpha value is -1.95. The number of benzene rings is 1. The van der Waals surface area contributed by atoms with Gasteiger partial charge in [-0.15, -0.1) is 0 Å². The quantitative estimate of drug-likeness (QED) is 0.310. The standard InChI is InChI=1S/C14H23N3O3/c1-3-8-17(11-14(15)16-18)9-10-20-13-6-4-12(19-2)5-7-13/h4-7,18H,3,8-11H2,1-2H3,(H2,15,16). The highest BCUT2D eigenvalue weighted by atomic mass is 16.5. The van der Waals surface area contributed by atoms with Crippen molar-refractivity contribution in [3.8, 4) is 11.5 Å². The van der Waals surface area contributed by atoms with Crippen LogP contribution in [0.2, 0.25) is 0 Å². The number of ether oxygens (including phenoxy) is 2. The number of methoxy groups -OCH3 is 1. The maximum atomic E-state index is 8.60. The predicted octanol–water partition coefficient (Wildman–Crippen LogP) is 1.53. The molecule has 20 heavy (non-hydrogen) atoms. The Bertz CT molecular complexity index is 407. The van der Waals surface area contributed by atoms with E-state index < -0.39 is 0 Å². The van der Waals surface area contributed by atoms with Crippen LogP contribution in [-0.2, 0) is 0 Å². The fraction of sp³-hybridized carbons (Fsp3) is 0.500. The van der Waals surface area contributed by atoms with Crippen LogP contribution < -0.4 is 15.2 Å². The Morgan fingerprint density at radius 3 is 2.45 bits per heavy atom. The number of nitrogens with zero attached hydrogens (tertiary/aromatic N) is 2. The monoisotopic (exact) mass is 281 g/mol. The molecule has 0 aliphatic heterocycles. The Kier molecular flexibility index (Phi) is 7.27. The van der Waals surface area contributed by atoms with Gasteiger partial charge in [0.1, 0.15) is 18.1 Å². The van der Waals surface area contributed by atoms with Gasteiger partial charge in [0.15, 0.2) is 5.84 Å². The minimum Gasteiger partial charge on any atom is -0.497 e. The van der Waals surface area contributed by atoms with E-state index in [-0.39, 0.29) is 5.84 Å². The van der Waals surface area contributed by atoms with Gasteiger partial charge in [0.25, 0.3) is 0 Å². The van der Waals surface area contributed by atoms with Crippen LogP contribution >= 0.6 is 0 Å². The van der Waals surface area contributed by atoms with Gasteiger partial charge in [-0.1, -0.05) is 12.1 Å². The van der Waals surface area contributed by atoms with Gasteiger partial charge in [-0.3, -0.25) is 4.90 Å². The highest BCUT2D eigenvalue weighted by Crippen LogP contribution is 2.16. The lowest BCUT2D eigenvalue weighted by Gasteiger charge is -2.20. The zero-order valence-electron chi connectivity index (χ0n) is 12.1. The van der Waals surface area contributed by atoms with Gasteiger partial charge in [-0.05, 0) is 37.2 Å². The first kappa shape index (κ1) is 16.1. The second kappa shape index (κ2) is 9.03. The molecule has 6 heteroatoms. The minimum absolute atomic E-state index is 0.211. The van der Waals surface area contributed by atoms with E-state index in [0.717, 1.165) is 31.0 Å². The van der Waals surface area contributed by atoms with Crippen LogP contribution in [0.25, 0.3) is 0 Å². The summed E-state index contributed by atoms with van der Waals surface area (Å²) in [7, 11) is 1.63. The van der Waals surface area contributed by atoms with E-state index >= 15 is 0 Å². The number of hydrogen-bond donors (Lipinski definition) is 2. The highest BCUT2D eigenvalue weighted by molar-refractivity contribution is 5.81. The maximum Gasteiger partial charge on any atom is 0.153 e. The first-order chi connectivity index (χ1) is 9.69. The Labute approximate surface area is 119 Å². The zero-order chi connectivity index (χ0) is 14.8. The second-order valence-electron chi connectivity index (χ2n) is 4.39. The molecule has 0 aromatic heterocycles. The molecule has 0 bridgehead atoms. The molecule has 0 unspecified atom stereocenters. The van der Waals surface area contributed by atoms with E-state index in [1.807, 2.05) is 24.3 Å². The summed E-state index contributed by atoms with van der Waals surface area (Å²) in [5, 5.41) is 11.6. The zero-order valence-corrected chi connectivity index (χ0v) is 12.1. The van der Waals surface area contributed by atoms with Crippen LogP contribution in [0, 0.1) is 0 Å². The van der Waals surface area contributed by atoms with Gasteiger partial charge >= 0.3 is 0 Å². The third kappa shape index (κ3) is 5.79. The summed E-state index contributed by atoms with van der Waals surface area (Å²) in [5.41, 5.74) is 5.52. The fourth-order valence-electron chi connectivity index (χ4n) is 1.81. The molecule has 0 radical (unpaired) electrons. The van der Waals surface area contributed by atoms with Crippen molar-refractivity contribution >= 4 is 5.84 Å². The average molecular weight is 281 g/mol. The van der Waals surface area contributed by atoms with Gasteiger partial charge in [0.05, 0.1) is 13.7 Å². The Morgan fingerprint density at radius 2 is 1.90 bits per heavy atom. The van der Waals surface area contributed by atoms with Crippen molar-refractivity contribution < 1.29 is 14.7 Å². The summed E-state index contributed by atoms with van der Waals surface area (Å²) >= 11 is 0. The molecule has 0 aliphatic rings. The molecule has 0 saturated carbocycles. The van der Waals surface area contributed by atoms with Crippen LogP contribution in [0.4, 0.5) is 0 Å². The third-order valence-electron chi connectivity index (χ3n) is 2.79. The second-order valence-corrected chi connectivity index (χ2v) is 4.39. The van der Waals surface area contributed by atoms with Crippen LogP contribution in [-0.4, -0.2) is 49.3 Å². The molecular formula is C14H23N3O3. The van der Waals surface area contributed by atoms with Crippen LogP contribution in [0.15, 0.2) is 29.4 Å². The summed E-state index contributed by atoms with van der Waals surface area (Å²) in [5.74, 6) is 1.81. The highest BCUT2D eigenvalue weighted by Gasteiger charge is 2.06. The summed E-state index contributed by atoms with van der Waals surface area (Å²) in [6, 6.07) is 7.45. The topological polar surface area (TPSA) is 80.3 Å². The number of amidine groups is 1. The predicted molar refractivity (Wildman–Crippen MR) is 78.6 cm³/mol. The maximum absolute atomic E-state index is 8.60. The van der Waals surface area contributed by atoms with Crippen molar-refractivity contribution in [2.24, 2.45) is 10.9 Å². The number of nitrogens with two attached hydrogens (primary N) is 1. The number of rotatable bonds is 9. The molecule has 6 nitrogen and oxygen atoms in total. The lowest BCUT2D eigenvalue weighted by atomic mass is 10.3. The lowest BCUT2D eigenvalue weighted by Crippen LogP contribution is -2.37. The van der Waals surface area contributed by atoms with E-state index in [4.69, 9.17) is 20.4 Å². The Morgan fingerprint density at radius 1 is 1.25 bits per heavy atom. The van der Waals surface area contributed by atoms with Crippen LogP contribution in [0.5, 0.6) is 11.5 Å². The van der Waals surface area contributed by atoms with Crippen molar-refractivity contribution in [3.05, 3.63) is 24.3 Å². The molecule has 1 aromatic rings. The van der Waals surface area contributed by atoms with Gasteiger partial charge in [-0.2, -0.15) is 0 Å². The number of hydrogen-bond acceptors (Lipinski definition) is 5. The fourth-order valence-corrected chi connectivity index (χ4v) is 1.81. The van der Waals surface area contributed by atoms with Gasteiger partial charge in [-0.25, -0.2) is 0 Å². The molecular weight excluding hydrogens is 258 g/mol. The molecule has 0 atom stereocenters. The molecule has 0 amide bonds. The SMILES string of the molecule is CCCN(CCOc1ccc(OC)cc1)CC(N)=NO. The lowest BCUT2D eigenvalue weighted by molar-refractivity contribution is 0.224. The molecule has 0 saturated heterocycles. The summed E-state index contributed by atoms with van der Waals surface area (Å²) < 4.78 is 10.7. The van der Waals surface area contributed by atoms with Crippen molar-refractivity contribution in [1.82, 2.24) is 4.90 Å². The number of oxime groups is 1. The van der Waals surface area contributed by atoms with Crippen molar-refractivity contribution in [2.45, 2.75) is 13.3 Å². The first-order valence-corrected chi connectivity index (χ1v) is 6.65. The average Bonchev–Trinajstić information content (AvgIpc) is 2.48. The molecule has 1 rings (SSSR count). The van der Waals surface area contributed by atoms with E-state index in [1.54, 1.807) is 7.11 Å². The molecule has 1 aromatic carbocycles. The summed E-state index contributed by atoms with van der Waals surface area (Å²) in [6.45, 7) is 4.67. The molecule has 0 fully saturated rings. The molecule has 0 heterocycles. The Balaban J connectivity index is 2.38. The van der Waals surface area contributed by atoms with Crippen molar-refractivity contribution in [3.63, 3.8) is 0 Å². The van der Waals surface area contributed by atoms with Crippen LogP contribution in [0.1, 0.15) is 13.3 Å². The van der Waals surface area contributed by atoms with E-state index in [0.29, 0.717) is 13.2 Å². The minimum atomic E-state index is 0.211. The van der Waals surface area contributed by atoms with Gasteiger partial charge in [0.2, 0.25) is 0 Å². The van der Waals surface area contributed by atoms with Crippen molar-refractivity contribution in [2.75, 3.05) is 33.4 Å². The van der Waals surface area contributed by atoms with E-state index in [2.05, 4.69) is 17.0 Å². The summed E-state index contributed by atoms with van der Waals surface area (Å²) in [6.07, 6.45) is 1.00. The molecule has 0 aliphatic carbocycles. The van der Waals surface area contributed by atoms with Crippen molar-refractivity contribution in [1.29, 1.82) is 0 Å². The normalized spacial score (nSPS) is 11.7. The third-order valence-corrected chi connectivity index (χ3v) is 2.79. The largest absolute Gasteiger partial charge is 0.497 e. The van der Waals surface area contributed by atoms with E-state index in [9.17, 15) is 0 Å². The van der Waals surface area contributed by atoms with E-state index in [1.165, 1.54) is 0 Å². The smallest absolute Gasteiger partial charge is 0.153 e.